The first-order valence-electron chi connectivity index (χ1n) is 11.4. The molecule has 0 fully saturated rings. The molecule has 13 heteroatoms. The van der Waals surface area contributed by atoms with Crippen LogP contribution in [0.2, 0.25) is 5.15 Å². The van der Waals surface area contributed by atoms with Gasteiger partial charge >= 0.3 is 0 Å². The van der Waals surface area contributed by atoms with Crippen LogP contribution in [0.1, 0.15) is 23.2 Å². The molecule has 0 bridgehead atoms. The highest BCUT2D eigenvalue weighted by atomic mass is 35.5. The van der Waals surface area contributed by atoms with E-state index in [4.69, 9.17) is 22.4 Å². The van der Waals surface area contributed by atoms with Crippen molar-refractivity contribution in [1.82, 2.24) is 9.97 Å². The minimum Gasteiger partial charge on any atom is -0.394 e. The zero-order chi connectivity index (χ0) is 28.6. The SMILES string of the molecule is NC(CO)c1ccccc1.O=[N+]([O-])c1ccc(Cl)nc1.O=[N+]([O-])c1ccc(NC(CO)c2ccccc2)nc1. The maximum Gasteiger partial charge on any atom is 0.287 e. The van der Waals surface area contributed by atoms with Gasteiger partial charge in [-0.05, 0) is 23.3 Å². The third-order valence-corrected chi connectivity index (χ3v) is 5.24. The van der Waals surface area contributed by atoms with E-state index >= 15 is 0 Å². The predicted octanol–water partition coefficient (Wildman–Crippen LogP) is 4.46. The van der Waals surface area contributed by atoms with E-state index in [0.29, 0.717) is 5.82 Å². The molecule has 2 aromatic carbocycles. The lowest BCUT2D eigenvalue weighted by molar-refractivity contribution is -0.385. The molecule has 2 heterocycles. The van der Waals surface area contributed by atoms with Crippen LogP contribution in [0.5, 0.6) is 0 Å². The predicted molar refractivity (Wildman–Crippen MR) is 147 cm³/mol. The first kappa shape index (κ1) is 30.7. The van der Waals surface area contributed by atoms with Gasteiger partial charge in [-0.1, -0.05) is 72.3 Å². The Kier molecular flexibility index (Phi) is 12.9. The summed E-state index contributed by atoms with van der Waals surface area (Å²) in [4.78, 5) is 27.0. The maximum absolute atomic E-state index is 10.5. The normalized spacial score (nSPS) is 11.5. The Morgan fingerprint density at radius 1 is 0.769 bits per heavy atom. The van der Waals surface area contributed by atoms with E-state index in [1.807, 2.05) is 60.7 Å². The molecule has 2 atom stereocenters. The van der Waals surface area contributed by atoms with Gasteiger partial charge in [-0.25, -0.2) is 9.97 Å². The molecule has 0 aliphatic heterocycles. The Bertz CT molecular complexity index is 1280. The summed E-state index contributed by atoms with van der Waals surface area (Å²) < 4.78 is 0. The van der Waals surface area contributed by atoms with Crippen LogP contribution in [0.25, 0.3) is 0 Å². The molecule has 4 aromatic rings. The number of aromatic nitrogens is 2. The topological polar surface area (TPSA) is 191 Å². The molecule has 5 N–H and O–H groups in total. The monoisotopic (exact) mass is 554 g/mol. The molecule has 0 amide bonds. The van der Waals surface area contributed by atoms with E-state index in [9.17, 15) is 25.3 Å². The van der Waals surface area contributed by atoms with Crippen LogP contribution >= 0.6 is 11.6 Å². The van der Waals surface area contributed by atoms with Gasteiger partial charge in [-0.3, -0.25) is 20.2 Å². The summed E-state index contributed by atoms with van der Waals surface area (Å²) in [7, 11) is 0. The highest BCUT2D eigenvalue weighted by molar-refractivity contribution is 6.29. The van der Waals surface area contributed by atoms with E-state index in [2.05, 4.69) is 15.3 Å². The van der Waals surface area contributed by atoms with Gasteiger partial charge in [0.15, 0.2) is 0 Å². The van der Waals surface area contributed by atoms with Gasteiger partial charge in [0.05, 0.1) is 35.1 Å². The average Bonchev–Trinajstić information content (AvgIpc) is 2.97. The number of pyridine rings is 2. The fourth-order valence-electron chi connectivity index (χ4n) is 2.96. The quantitative estimate of drug-likeness (QED) is 0.137. The van der Waals surface area contributed by atoms with E-state index in [0.717, 1.165) is 17.3 Å². The Balaban J connectivity index is 0.000000225. The summed E-state index contributed by atoms with van der Waals surface area (Å²) >= 11 is 5.38. The number of nitrogens with two attached hydrogens (primary N) is 1. The number of anilines is 1. The number of benzene rings is 2. The molecule has 0 saturated carbocycles. The van der Waals surface area contributed by atoms with Crippen LogP contribution < -0.4 is 11.1 Å². The molecule has 2 unspecified atom stereocenters. The molecule has 12 nitrogen and oxygen atoms in total. The molecule has 0 saturated heterocycles. The number of nitro groups is 2. The zero-order valence-electron chi connectivity index (χ0n) is 20.6. The van der Waals surface area contributed by atoms with Crippen molar-refractivity contribution in [2.75, 3.05) is 18.5 Å². The molecular weight excluding hydrogens is 528 g/mol. The van der Waals surface area contributed by atoms with Crippen LogP contribution in [-0.4, -0.2) is 43.2 Å². The van der Waals surface area contributed by atoms with Crippen LogP contribution in [0.15, 0.2) is 97.3 Å². The van der Waals surface area contributed by atoms with Gasteiger partial charge < -0.3 is 21.3 Å². The second kappa shape index (κ2) is 16.4. The standard InChI is InChI=1S/C13H13N3O3.C8H11NO.C5H3ClN2O2/c17-9-12(10-4-2-1-3-5-10)15-13-7-6-11(8-14-13)16(18)19;9-8(6-10)7-4-2-1-3-5-7;6-5-2-1-4(3-7-5)8(9)10/h1-8,12,17H,9H2,(H,14,15);1-5,8,10H,6,9H2;1-3H. The van der Waals surface area contributed by atoms with Crippen LogP contribution in [0.3, 0.4) is 0 Å². The van der Waals surface area contributed by atoms with Crippen LogP contribution in [-0.2, 0) is 0 Å². The number of aliphatic hydroxyl groups is 2. The fourth-order valence-corrected chi connectivity index (χ4v) is 3.07. The molecule has 0 aliphatic carbocycles. The maximum atomic E-state index is 10.5. The highest BCUT2D eigenvalue weighted by Gasteiger charge is 2.11. The lowest BCUT2D eigenvalue weighted by Gasteiger charge is -2.17. The third kappa shape index (κ3) is 10.8. The van der Waals surface area contributed by atoms with Gasteiger partial charge in [-0.15, -0.1) is 0 Å². The molecular formula is C26H27ClN6O6. The average molecular weight is 555 g/mol. The largest absolute Gasteiger partial charge is 0.394 e. The van der Waals surface area contributed by atoms with Crippen molar-refractivity contribution >= 4 is 28.8 Å². The van der Waals surface area contributed by atoms with Gasteiger partial charge in [-0.2, -0.15) is 0 Å². The molecule has 204 valence electrons. The van der Waals surface area contributed by atoms with Crippen LogP contribution in [0.4, 0.5) is 17.2 Å². The molecule has 0 spiro atoms. The number of hydrogen-bond donors (Lipinski definition) is 4. The summed E-state index contributed by atoms with van der Waals surface area (Å²) in [5, 5.41) is 41.9. The van der Waals surface area contributed by atoms with Gasteiger partial charge in [0.2, 0.25) is 0 Å². The Labute approximate surface area is 229 Å². The fraction of sp³-hybridized carbons (Fsp3) is 0.154. The number of aliphatic hydroxyl groups excluding tert-OH is 2. The number of halogens is 1. The minimum absolute atomic E-state index is 0.00398. The number of nitrogens with one attached hydrogen (secondary N) is 1. The van der Waals surface area contributed by atoms with E-state index in [1.165, 1.54) is 30.5 Å². The molecule has 0 radical (unpaired) electrons. The Morgan fingerprint density at radius 3 is 1.69 bits per heavy atom. The van der Waals surface area contributed by atoms with E-state index in [1.54, 1.807) is 0 Å². The number of hydrogen-bond acceptors (Lipinski definition) is 10. The van der Waals surface area contributed by atoms with Crippen molar-refractivity contribution in [2.45, 2.75) is 12.1 Å². The highest BCUT2D eigenvalue weighted by Crippen LogP contribution is 2.19. The van der Waals surface area contributed by atoms with Gasteiger partial charge in [0, 0.05) is 12.1 Å². The van der Waals surface area contributed by atoms with Crippen molar-refractivity contribution in [3.8, 4) is 0 Å². The van der Waals surface area contributed by atoms with Crippen LogP contribution in [0, 0.1) is 20.2 Å². The Morgan fingerprint density at radius 2 is 1.28 bits per heavy atom. The van der Waals surface area contributed by atoms with E-state index in [-0.39, 0.29) is 41.8 Å². The van der Waals surface area contributed by atoms with Gasteiger partial charge in [0.25, 0.3) is 11.4 Å². The molecule has 0 aliphatic rings. The lowest BCUT2D eigenvalue weighted by atomic mass is 10.1. The van der Waals surface area contributed by atoms with E-state index < -0.39 is 9.85 Å². The molecule has 39 heavy (non-hydrogen) atoms. The zero-order valence-corrected chi connectivity index (χ0v) is 21.3. The summed E-state index contributed by atoms with van der Waals surface area (Å²) in [6, 6.07) is 24.0. The second-order valence-corrected chi connectivity index (χ2v) is 8.13. The summed E-state index contributed by atoms with van der Waals surface area (Å²) in [6.07, 6.45) is 2.30. The smallest absolute Gasteiger partial charge is 0.287 e. The van der Waals surface area contributed by atoms with Gasteiger partial charge in [0.1, 0.15) is 23.4 Å². The summed E-state index contributed by atoms with van der Waals surface area (Å²) in [5.74, 6) is 0.480. The first-order chi connectivity index (χ1) is 18.7. The molecule has 2 aromatic heterocycles. The van der Waals surface area contributed by atoms with Crippen molar-refractivity contribution in [3.05, 3.63) is 134 Å². The first-order valence-corrected chi connectivity index (χ1v) is 11.8. The summed E-state index contributed by atoms with van der Waals surface area (Å²) in [5.41, 5.74) is 7.33. The lowest BCUT2D eigenvalue weighted by Crippen LogP contribution is -2.15. The minimum atomic E-state index is -0.524. The molecule has 4 rings (SSSR count). The van der Waals surface area contributed by atoms with Crippen molar-refractivity contribution in [3.63, 3.8) is 0 Å². The van der Waals surface area contributed by atoms with Crippen molar-refractivity contribution in [1.29, 1.82) is 0 Å². The van der Waals surface area contributed by atoms with Crippen molar-refractivity contribution < 1.29 is 20.1 Å². The Hall–Kier alpha value is -4.49. The number of rotatable bonds is 8. The number of nitrogens with zero attached hydrogens (tertiary/aromatic N) is 4. The third-order valence-electron chi connectivity index (χ3n) is 5.01. The second-order valence-electron chi connectivity index (χ2n) is 7.74. The summed E-state index contributed by atoms with van der Waals surface area (Å²) in [6.45, 7) is -0.0906. The van der Waals surface area contributed by atoms with Crippen molar-refractivity contribution in [2.24, 2.45) is 5.73 Å².